The second-order valence-corrected chi connectivity index (χ2v) is 4.65. The van der Waals surface area contributed by atoms with Gasteiger partial charge in [-0.15, -0.1) is 0 Å². The average Bonchev–Trinajstić information content (AvgIpc) is 2.57. The molecule has 2 nitrogen and oxygen atoms in total. The standard InChI is InChI=1S/C13H22O2/c1-5-10(4)13(14)15-12-8-9(3)7-11(12)6-2/h9,11-12H,4-8H2,1-3H3. The maximum atomic E-state index is 11.6. The predicted molar refractivity (Wildman–Crippen MR) is 61.5 cm³/mol. The molecular weight excluding hydrogens is 188 g/mol. The second kappa shape index (κ2) is 5.34. The molecule has 0 N–H and O–H groups in total. The van der Waals surface area contributed by atoms with E-state index in [-0.39, 0.29) is 12.1 Å². The highest BCUT2D eigenvalue weighted by atomic mass is 16.5. The molecule has 15 heavy (non-hydrogen) atoms. The number of hydrogen-bond donors (Lipinski definition) is 0. The fourth-order valence-corrected chi connectivity index (χ4v) is 2.29. The molecule has 0 aliphatic heterocycles. The molecule has 86 valence electrons. The Bertz CT molecular complexity index is 245. The van der Waals surface area contributed by atoms with Crippen LogP contribution in [0.15, 0.2) is 12.2 Å². The Hall–Kier alpha value is -0.790. The second-order valence-electron chi connectivity index (χ2n) is 4.65. The van der Waals surface area contributed by atoms with Crippen LogP contribution < -0.4 is 0 Å². The first-order valence-corrected chi connectivity index (χ1v) is 5.97. The largest absolute Gasteiger partial charge is 0.459 e. The van der Waals surface area contributed by atoms with E-state index in [0.717, 1.165) is 12.8 Å². The highest BCUT2D eigenvalue weighted by Gasteiger charge is 2.33. The third-order valence-electron chi connectivity index (χ3n) is 3.36. The highest BCUT2D eigenvalue weighted by Crippen LogP contribution is 2.35. The van der Waals surface area contributed by atoms with E-state index in [1.807, 2.05) is 6.92 Å². The van der Waals surface area contributed by atoms with Gasteiger partial charge < -0.3 is 4.74 Å². The molecule has 0 radical (unpaired) electrons. The molecule has 1 fully saturated rings. The topological polar surface area (TPSA) is 26.3 Å². The maximum absolute atomic E-state index is 11.6. The summed E-state index contributed by atoms with van der Waals surface area (Å²) in [5.74, 6) is 1.03. The Labute approximate surface area is 92.7 Å². The van der Waals surface area contributed by atoms with Gasteiger partial charge in [0.05, 0.1) is 0 Å². The van der Waals surface area contributed by atoms with Gasteiger partial charge in [0.1, 0.15) is 6.10 Å². The molecule has 1 aliphatic carbocycles. The number of carbonyl (C=O) groups excluding carboxylic acids is 1. The van der Waals surface area contributed by atoms with E-state index in [2.05, 4.69) is 20.4 Å². The van der Waals surface area contributed by atoms with Crippen LogP contribution in [0.25, 0.3) is 0 Å². The lowest BCUT2D eigenvalue weighted by Gasteiger charge is -2.18. The summed E-state index contributed by atoms with van der Waals surface area (Å²) >= 11 is 0. The van der Waals surface area contributed by atoms with Crippen LogP contribution in [0.2, 0.25) is 0 Å². The first kappa shape index (κ1) is 12.3. The summed E-state index contributed by atoms with van der Waals surface area (Å²) in [6, 6.07) is 0. The Morgan fingerprint density at radius 1 is 1.40 bits per heavy atom. The van der Waals surface area contributed by atoms with Crippen molar-refractivity contribution in [3.05, 3.63) is 12.2 Å². The van der Waals surface area contributed by atoms with E-state index in [9.17, 15) is 4.79 Å². The van der Waals surface area contributed by atoms with Gasteiger partial charge in [-0.05, 0) is 37.5 Å². The third kappa shape index (κ3) is 3.08. The number of esters is 1. The van der Waals surface area contributed by atoms with Crippen molar-refractivity contribution < 1.29 is 9.53 Å². The molecule has 1 aliphatic rings. The molecule has 0 amide bonds. The van der Waals surface area contributed by atoms with Gasteiger partial charge in [-0.25, -0.2) is 4.79 Å². The van der Waals surface area contributed by atoms with E-state index < -0.39 is 0 Å². The molecule has 0 aromatic carbocycles. The van der Waals surface area contributed by atoms with Gasteiger partial charge in [0.15, 0.2) is 0 Å². The first-order valence-electron chi connectivity index (χ1n) is 5.97. The zero-order valence-corrected chi connectivity index (χ0v) is 10.1. The molecule has 0 heterocycles. The quantitative estimate of drug-likeness (QED) is 0.525. The molecule has 0 saturated heterocycles. The number of ether oxygens (including phenoxy) is 1. The molecule has 0 aromatic heterocycles. The van der Waals surface area contributed by atoms with Crippen LogP contribution in [0, 0.1) is 11.8 Å². The van der Waals surface area contributed by atoms with Gasteiger partial charge in [-0.2, -0.15) is 0 Å². The number of carbonyl (C=O) groups is 1. The Morgan fingerprint density at radius 3 is 2.60 bits per heavy atom. The molecule has 0 bridgehead atoms. The first-order chi connectivity index (χ1) is 7.08. The Kier molecular flexibility index (Phi) is 4.37. The van der Waals surface area contributed by atoms with Crippen molar-refractivity contribution in [2.75, 3.05) is 0 Å². The molecule has 2 heteroatoms. The zero-order valence-electron chi connectivity index (χ0n) is 10.1. The minimum atomic E-state index is -0.199. The summed E-state index contributed by atoms with van der Waals surface area (Å²) < 4.78 is 5.50. The van der Waals surface area contributed by atoms with Gasteiger partial charge in [0.2, 0.25) is 0 Å². The summed E-state index contributed by atoms with van der Waals surface area (Å²) in [4.78, 5) is 11.6. The van der Waals surface area contributed by atoms with Crippen LogP contribution in [-0.2, 0) is 9.53 Å². The van der Waals surface area contributed by atoms with Gasteiger partial charge in [0, 0.05) is 5.57 Å². The normalized spacial score (nSPS) is 30.2. The molecule has 1 rings (SSSR count). The molecule has 0 aromatic rings. The molecule has 3 unspecified atom stereocenters. The van der Waals surface area contributed by atoms with E-state index in [0.29, 0.717) is 23.8 Å². The van der Waals surface area contributed by atoms with Crippen molar-refractivity contribution in [1.82, 2.24) is 0 Å². The van der Waals surface area contributed by atoms with Crippen molar-refractivity contribution in [1.29, 1.82) is 0 Å². The van der Waals surface area contributed by atoms with Crippen molar-refractivity contribution in [3.8, 4) is 0 Å². The maximum Gasteiger partial charge on any atom is 0.333 e. The zero-order chi connectivity index (χ0) is 11.4. The van der Waals surface area contributed by atoms with E-state index >= 15 is 0 Å². The lowest BCUT2D eigenvalue weighted by atomic mass is 10.0. The summed E-state index contributed by atoms with van der Waals surface area (Å²) in [7, 11) is 0. The van der Waals surface area contributed by atoms with Crippen molar-refractivity contribution >= 4 is 5.97 Å². The van der Waals surface area contributed by atoms with Crippen molar-refractivity contribution in [2.24, 2.45) is 11.8 Å². The van der Waals surface area contributed by atoms with Crippen LogP contribution in [0.5, 0.6) is 0 Å². The van der Waals surface area contributed by atoms with Gasteiger partial charge >= 0.3 is 5.97 Å². The lowest BCUT2D eigenvalue weighted by Crippen LogP contribution is -2.22. The fourth-order valence-electron chi connectivity index (χ4n) is 2.29. The summed E-state index contributed by atoms with van der Waals surface area (Å²) in [5.41, 5.74) is 0.587. The average molecular weight is 210 g/mol. The highest BCUT2D eigenvalue weighted by molar-refractivity contribution is 5.87. The van der Waals surface area contributed by atoms with E-state index in [1.165, 1.54) is 6.42 Å². The summed E-state index contributed by atoms with van der Waals surface area (Å²) in [6.07, 6.45) is 4.10. The molecule has 0 spiro atoms. The fraction of sp³-hybridized carbons (Fsp3) is 0.769. The predicted octanol–water partition coefficient (Wildman–Crippen LogP) is 3.32. The lowest BCUT2D eigenvalue weighted by molar-refractivity contribution is -0.146. The molecule has 1 saturated carbocycles. The van der Waals surface area contributed by atoms with Crippen molar-refractivity contribution in [2.45, 2.75) is 52.6 Å². The SMILES string of the molecule is C=C(CC)C(=O)OC1CC(C)CC1CC. The van der Waals surface area contributed by atoms with Crippen LogP contribution in [0.3, 0.4) is 0 Å². The third-order valence-corrected chi connectivity index (χ3v) is 3.36. The summed E-state index contributed by atoms with van der Waals surface area (Å²) in [5, 5.41) is 0. The van der Waals surface area contributed by atoms with Crippen LogP contribution in [0.4, 0.5) is 0 Å². The van der Waals surface area contributed by atoms with E-state index in [4.69, 9.17) is 4.74 Å². The van der Waals surface area contributed by atoms with Crippen LogP contribution in [0.1, 0.15) is 46.5 Å². The van der Waals surface area contributed by atoms with Gasteiger partial charge in [0.25, 0.3) is 0 Å². The number of hydrogen-bond acceptors (Lipinski definition) is 2. The van der Waals surface area contributed by atoms with Crippen molar-refractivity contribution in [3.63, 3.8) is 0 Å². The number of rotatable bonds is 4. The smallest absolute Gasteiger partial charge is 0.333 e. The minimum Gasteiger partial charge on any atom is -0.459 e. The molecule has 3 atom stereocenters. The van der Waals surface area contributed by atoms with Gasteiger partial charge in [-0.1, -0.05) is 27.4 Å². The molecular formula is C13H22O2. The monoisotopic (exact) mass is 210 g/mol. The Morgan fingerprint density at radius 2 is 2.07 bits per heavy atom. The van der Waals surface area contributed by atoms with Crippen LogP contribution in [-0.4, -0.2) is 12.1 Å². The van der Waals surface area contributed by atoms with Gasteiger partial charge in [-0.3, -0.25) is 0 Å². The van der Waals surface area contributed by atoms with E-state index in [1.54, 1.807) is 0 Å². The van der Waals surface area contributed by atoms with Crippen LogP contribution >= 0.6 is 0 Å². The Balaban J connectivity index is 2.50. The summed E-state index contributed by atoms with van der Waals surface area (Å²) in [6.45, 7) is 10.0. The minimum absolute atomic E-state index is 0.126.